The molecule has 5 nitrogen and oxygen atoms in total. The molecule has 0 aliphatic heterocycles. The lowest BCUT2D eigenvalue weighted by molar-refractivity contribution is -0.140. The van der Waals surface area contributed by atoms with Gasteiger partial charge in [0, 0.05) is 18.0 Å². The number of hydrogen-bond donors (Lipinski definition) is 1. The Morgan fingerprint density at radius 1 is 1.20 bits per heavy atom. The van der Waals surface area contributed by atoms with Crippen LogP contribution < -0.4 is 10.1 Å². The number of rotatable bonds is 6. The molecule has 1 heterocycles. The highest BCUT2D eigenvalue weighted by molar-refractivity contribution is 5.74. The van der Waals surface area contributed by atoms with Gasteiger partial charge in [-0.05, 0) is 37.3 Å². The largest absolute Gasteiger partial charge is 0.465 e. The van der Waals surface area contributed by atoms with Crippen LogP contribution in [-0.4, -0.2) is 24.1 Å². The molecule has 0 aliphatic rings. The molecule has 0 bridgehead atoms. The fourth-order valence-electron chi connectivity index (χ4n) is 1.56. The summed E-state index contributed by atoms with van der Waals surface area (Å²) in [5.41, 5.74) is 0.825. The zero-order chi connectivity index (χ0) is 14.2. The molecule has 0 amide bonds. The summed E-state index contributed by atoms with van der Waals surface area (Å²) < 4.78 is 10.4. The van der Waals surface area contributed by atoms with Crippen molar-refractivity contribution in [1.82, 2.24) is 4.98 Å². The number of benzene rings is 1. The van der Waals surface area contributed by atoms with Crippen molar-refractivity contribution < 1.29 is 14.3 Å². The van der Waals surface area contributed by atoms with E-state index in [4.69, 9.17) is 9.47 Å². The molecule has 0 saturated carbocycles. The zero-order valence-electron chi connectivity index (χ0n) is 11.2. The topological polar surface area (TPSA) is 60.5 Å². The predicted molar refractivity (Wildman–Crippen MR) is 75.9 cm³/mol. The minimum atomic E-state index is -0.277. The molecule has 0 atom stereocenters. The third-order valence-electron chi connectivity index (χ3n) is 2.46. The van der Waals surface area contributed by atoms with E-state index in [0.717, 1.165) is 5.69 Å². The Morgan fingerprint density at radius 3 is 2.65 bits per heavy atom. The van der Waals surface area contributed by atoms with Crippen molar-refractivity contribution in [3.8, 4) is 11.6 Å². The van der Waals surface area contributed by atoms with Crippen molar-refractivity contribution in [1.29, 1.82) is 0 Å². The number of nitrogens with zero attached hydrogens (tertiary/aromatic N) is 1. The van der Waals surface area contributed by atoms with E-state index in [0.29, 0.717) is 18.2 Å². The van der Waals surface area contributed by atoms with Gasteiger partial charge in [0.25, 0.3) is 0 Å². The van der Waals surface area contributed by atoms with Crippen LogP contribution in [0.5, 0.6) is 11.6 Å². The van der Waals surface area contributed by atoms with E-state index in [1.165, 1.54) is 0 Å². The summed E-state index contributed by atoms with van der Waals surface area (Å²) in [6.45, 7) is 2.31. The van der Waals surface area contributed by atoms with Crippen LogP contribution in [0.2, 0.25) is 0 Å². The van der Waals surface area contributed by atoms with Crippen molar-refractivity contribution in [2.75, 3.05) is 18.5 Å². The molecule has 0 spiro atoms. The van der Waals surface area contributed by atoms with Crippen LogP contribution in [0.15, 0.2) is 48.7 Å². The standard InChI is InChI=1S/C15H16N2O3/c1-2-19-15(18)11-17-12-6-8-13(9-7-12)20-14-5-3-4-10-16-14/h3-10,17H,2,11H2,1H3. The Labute approximate surface area is 117 Å². The fraction of sp³-hybridized carbons (Fsp3) is 0.200. The number of nitrogens with one attached hydrogen (secondary N) is 1. The van der Waals surface area contributed by atoms with Crippen molar-refractivity contribution in [3.63, 3.8) is 0 Å². The van der Waals surface area contributed by atoms with Gasteiger partial charge < -0.3 is 14.8 Å². The van der Waals surface area contributed by atoms with Gasteiger partial charge in [-0.1, -0.05) is 6.07 Å². The summed E-state index contributed by atoms with van der Waals surface area (Å²) in [6.07, 6.45) is 1.67. The molecule has 0 radical (unpaired) electrons. The van der Waals surface area contributed by atoms with Gasteiger partial charge in [-0.25, -0.2) is 4.98 Å². The van der Waals surface area contributed by atoms with Crippen molar-refractivity contribution in [2.45, 2.75) is 6.92 Å². The lowest BCUT2D eigenvalue weighted by atomic mass is 10.3. The third kappa shape index (κ3) is 4.28. The molecule has 1 aromatic carbocycles. The Bertz CT molecular complexity index is 541. The number of hydrogen-bond acceptors (Lipinski definition) is 5. The normalized spacial score (nSPS) is 9.85. The first-order valence-corrected chi connectivity index (χ1v) is 6.36. The van der Waals surface area contributed by atoms with Gasteiger partial charge in [-0.15, -0.1) is 0 Å². The highest BCUT2D eigenvalue weighted by atomic mass is 16.5. The van der Waals surface area contributed by atoms with Gasteiger partial charge in [0.1, 0.15) is 12.3 Å². The van der Waals surface area contributed by atoms with Crippen LogP contribution in [0.25, 0.3) is 0 Å². The van der Waals surface area contributed by atoms with E-state index in [9.17, 15) is 4.79 Å². The summed E-state index contributed by atoms with van der Waals surface area (Å²) in [4.78, 5) is 15.3. The summed E-state index contributed by atoms with van der Waals surface area (Å²) >= 11 is 0. The molecule has 1 N–H and O–H groups in total. The van der Waals surface area contributed by atoms with Gasteiger partial charge in [-0.2, -0.15) is 0 Å². The maximum Gasteiger partial charge on any atom is 0.325 e. The second-order valence-electron chi connectivity index (χ2n) is 3.95. The summed E-state index contributed by atoms with van der Waals surface area (Å²) in [5.74, 6) is 0.950. The minimum Gasteiger partial charge on any atom is -0.465 e. The van der Waals surface area contributed by atoms with Crippen molar-refractivity contribution in [3.05, 3.63) is 48.7 Å². The van der Waals surface area contributed by atoms with Gasteiger partial charge in [0.15, 0.2) is 0 Å². The van der Waals surface area contributed by atoms with Gasteiger partial charge >= 0.3 is 5.97 Å². The molecule has 0 aliphatic carbocycles. The average Bonchev–Trinajstić information content (AvgIpc) is 2.48. The Morgan fingerprint density at radius 2 is 2.00 bits per heavy atom. The summed E-state index contributed by atoms with van der Waals surface area (Å²) in [5, 5.41) is 2.97. The van der Waals surface area contributed by atoms with E-state index < -0.39 is 0 Å². The smallest absolute Gasteiger partial charge is 0.325 e. The van der Waals surface area contributed by atoms with Crippen LogP contribution in [0.3, 0.4) is 0 Å². The second-order valence-corrected chi connectivity index (χ2v) is 3.95. The van der Waals surface area contributed by atoms with Crippen LogP contribution in [0, 0.1) is 0 Å². The average molecular weight is 272 g/mol. The van der Waals surface area contributed by atoms with E-state index in [2.05, 4.69) is 10.3 Å². The number of carbonyl (C=O) groups excluding carboxylic acids is 1. The summed E-state index contributed by atoms with van der Waals surface area (Å²) in [6, 6.07) is 12.7. The molecule has 5 heteroatoms. The number of carbonyl (C=O) groups is 1. The van der Waals surface area contributed by atoms with E-state index in [1.807, 2.05) is 36.4 Å². The number of anilines is 1. The molecule has 0 unspecified atom stereocenters. The lowest BCUT2D eigenvalue weighted by Gasteiger charge is -2.07. The highest BCUT2D eigenvalue weighted by Gasteiger charge is 2.02. The number of aromatic nitrogens is 1. The predicted octanol–water partition coefficient (Wildman–Crippen LogP) is 2.85. The Hall–Kier alpha value is -2.56. The van der Waals surface area contributed by atoms with Gasteiger partial charge in [0.2, 0.25) is 5.88 Å². The molecule has 1 aromatic heterocycles. The maximum absolute atomic E-state index is 11.2. The Kier molecular flexibility index (Phi) is 4.94. The Balaban J connectivity index is 1.88. The van der Waals surface area contributed by atoms with Crippen molar-refractivity contribution >= 4 is 11.7 Å². The quantitative estimate of drug-likeness (QED) is 0.819. The first-order valence-electron chi connectivity index (χ1n) is 6.36. The highest BCUT2D eigenvalue weighted by Crippen LogP contribution is 2.20. The number of esters is 1. The second kappa shape index (κ2) is 7.13. The lowest BCUT2D eigenvalue weighted by Crippen LogP contribution is -2.16. The summed E-state index contributed by atoms with van der Waals surface area (Å²) in [7, 11) is 0. The first kappa shape index (κ1) is 13.9. The van der Waals surface area contributed by atoms with Gasteiger partial charge in [-0.3, -0.25) is 4.79 Å². The first-order chi connectivity index (χ1) is 9.78. The SMILES string of the molecule is CCOC(=O)CNc1ccc(Oc2ccccn2)cc1. The monoisotopic (exact) mass is 272 g/mol. The van der Waals surface area contributed by atoms with E-state index >= 15 is 0 Å². The molecule has 2 aromatic rings. The zero-order valence-corrected chi connectivity index (χ0v) is 11.2. The molecule has 2 rings (SSSR count). The van der Waals surface area contributed by atoms with Crippen LogP contribution in [-0.2, 0) is 9.53 Å². The molecular weight excluding hydrogens is 256 g/mol. The van der Waals surface area contributed by atoms with Gasteiger partial charge in [0.05, 0.1) is 6.61 Å². The number of ether oxygens (including phenoxy) is 2. The van der Waals surface area contributed by atoms with Crippen LogP contribution in [0.4, 0.5) is 5.69 Å². The van der Waals surface area contributed by atoms with E-state index in [-0.39, 0.29) is 12.5 Å². The van der Waals surface area contributed by atoms with Crippen LogP contribution >= 0.6 is 0 Å². The molecule has 104 valence electrons. The fourth-order valence-corrected chi connectivity index (χ4v) is 1.56. The van der Waals surface area contributed by atoms with E-state index in [1.54, 1.807) is 19.2 Å². The molecular formula is C15H16N2O3. The molecule has 0 fully saturated rings. The molecule has 0 saturated heterocycles. The maximum atomic E-state index is 11.2. The molecule has 20 heavy (non-hydrogen) atoms. The minimum absolute atomic E-state index is 0.147. The van der Waals surface area contributed by atoms with Crippen molar-refractivity contribution in [2.24, 2.45) is 0 Å². The third-order valence-corrected chi connectivity index (χ3v) is 2.46. The van der Waals surface area contributed by atoms with Crippen LogP contribution in [0.1, 0.15) is 6.92 Å². The number of pyridine rings is 1.